The number of para-hydroxylation sites is 2. The summed E-state index contributed by atoms with van der Waals surface area (Å²) in [6.07, 6.45) is 6.77. The van der Waals surface area contributed by atoms with E-state index in [1.807, 2.05) is 70.2 Å². The average molecular weight is 621 g/mol. The maximum Gasteiger partial charge on any atom is 0.587 e. The number of unbranched alkanes of at least 4 members (excludes halogenated alkanes) is 5. The van der Waals surface area contributed by atoms with Gasteiger partial charge in [0.05, 0.1) is 6.61 Å². The average Bonchev–Trinajstić information content (AvgIpc) is 2.93. The third-order valence-corrected chi connectivity index (χ3v) is 7.99. The first-order valence-corrected chi connectivity index (χ1v) is 17.5. The predicted molar refractivity (Wildman–Crippen MR) is 168 cm³/mol. The largest absolute Gasteiger partial charge is 0.587 e. The molecule has 3 rings (SSSR count). The summed E-state index contributed by atoms with van der Waals surface area (Å²) in [5.41, 5.74) is 1.93. The molecule has 0 aliphatic carbocycles. The second kappa shape index (κ2) is 18.1. The van der Waals surface area contributed by atoms with Crippen molar-refractivity contribution in [3.05, 3.63) is 90.0 Å². The summed E-state index contributed by atoms with van der Waals surface area (Å²) in [7, 11) is -8.23. The Hall–Kier alpha value is -2.60. The fourth-order valence-electron chi connectivity index (χ4n) is 4.24. The zero-order chi connectivity index (χ0) is 31.0. The first-order chi connectivity index (χ1) is 19.9. The Labute approximate surface area is 251 Å². The maximum absolute atomic E-state index is 13.0. The molecule has 2 N–H and O–H groups in total. The van der Waals surface area contributed by atoms with Crippen molar-refractivity contribution >= 4 is 15.6 Å². The Kier molecular flexibility index (Phi) is 15.4. The van der Waals surface area contributed by atoms with Gasteiger partial charge < -0.3 is 13.6 Å². The molecule has 3 aromatic carbocycles. The SMILES string of the molecule is CC(C)c1cccc(OP(=O)(O)O)c1C(C)C.CCCCCCCCOP(=O)(Oc1ccccc1)Oc1ccccc1. The van der Waals surface area contributed by atoms with Gasteiger partial charge in [-0.3, -0.25) is 14.3 Å². The summed E-state index contributed by atoms with van der Waals surface area (Å²) >= 11 is 0. The molecule has 3 aromatic rings. The van der Waals surface area contributed by atoms with Gasteiger partial charge in [0.1, 0.15) is 17.2 Å². The standard InChI is InChI=1S/C20H27O4P.C12H19O4P/c1-2-3-4-5-6-13-18-22-25(21,23-19-14-9-7-10-15-19)24-20-16-11-8-12-17-20;1-8(2)10-6-5-7-11(12(10)9(3)4)16-17(13,14)15/h7-12,14-17H,2-6,13,18H2,1H3;5-9H,1-4H3,(H2,13,14,15). The molecule has 0 radical (unpaired) electrons. The molecule has 8 nitrogen and oxygen atoms in total. The van der Waals surface area contributed by atoms with Crippen molar-refractivity contribution in [1.82, 2.24) is 0 Å². The second-order valence-electron chi connectivity index (χ2n) is 10.5. The van der Waals surface area contributed by atoms with Crippen LogP contribution in [0, 0.1) is 0 Å². The van der Waals surface area contributed by atoms with E-state index in [0.717, 1.165) is 24.0 Å². The van der Waals surface area contributed by atoms with Crippen molar-refractivity contribution in [1.29, 1.82) is 0 Å². The molecule has 0 spiro atoms. The summed E-state index contributed by atoms with van der Waals surface area (Å²) in [4.78, 5) is 17.8. The Morgan fingerprint density at radius 1 is 0.643 bits per heavy atom. The Balaban J connectivity index is 0.000000317. The van der Waals surface area contributed by atoms with Gasteiger partial charge >= 0.3 is 15.6 Å². The van der Waals surface area contributed by atoms with Crippen molar-refractivity contribution in [3.8, 4) is 17.2 Å². The highest BCUT2D eigenvalue weighted by atomic mass is 31.2. The van der Waals surface area contributed by atoms with Crippen molar-refractivity contribution in [2.24, 2.45) is 0 Å². The highest BCUT2D eigenvalue weighted by Crippen LogP contribution is 2.49. The molecule has 0 aromatic heterocycles. The summed E-state index contributed by atoms with van der Waals surface area (Å²) in [6, 6.07) is 23.2. The molecule has 0 bridgehead atoms. The van der Waals surface area contributed by atoms with Crippen LogP contribution in [-0.4, -0.2) is 16.4 Å². The summed E-state index contributed by atoms with van der Waals surface area (Å²) in [5, 5.41) is 0. The highest BCUT2D eigenvalue weighted by molar-refractivity contribution is 7.49. The van der Waals surface area contributed by atoms with Crippen LogP contribution in [-0.2, 0) is 13.7 Å². The first kappa shape index (κ1) is 35.6. The fraction of sp³-hybridized carbons (Fsp3) is 0.438. The molecule has 0 saturated heterocycles. The van der Waals surface area contributed by atoms with Crippen molar-refractivity contribution in [3.63, 3.8) is 0 Å². The smallest absolute Gasteiger partial charge is 0.404 e. The van der Waals surface area contributed by atoms with Gasteiger partial charge in [0, 0.05) is 5.56 Å². The second-order valence-corrected chi connectivity index (χ2v) is 13.2. The summed E-state index contributed by atoms with van der Waals surface area (Å²) in [5.74, 6) is 1.64. The molecule has 0 heterocycles. The van der Waals surface area contributed by atoms with E-state index in [1.165, 1.54) is 25.7 Å². The molecule has 0 aliphatic heterocycles. The maximum atomic E-state index is 13.0. The van der Waals surface area contributed by atoms with Crippen LogP contribution >= 0.6 is 15.6 Å². The van der Waals surface area contributed by atoms with Gasteiger partial charge in [-0.15, -0.1) is 0 Å². The Morgan fingerprint density at radius 3 is 1.64 bits per heavy atom. The lowest BCUT2D eigenvalue weighted by Crippen LogP contribution is -2.06. The normalized spacial score (nSPS) is 11.6. The summed E-state index contributed by atoms with van der Waals surface area (Å²) < 4.78 is 45.4. The molecule has 10 heteroatoms. The van der Waals surface area contributed by atoms with Crippen LogP contribution in [0.4, 0.5) is 0 Å². The van der Waals surface area contributed by atoms with Crippen LogP contribution in [0.25, 0.3) is 0 Å². The van der Waals surface area contributed by atoms with Crippen LogP contribution in [0.15, 0.2) is 78.9 Å². The molecule has 0 fully saturated rings. The van der Waals surface area contributed by atoms with E-state index in [9.17, 15) is 9.13 Å². The third kappa shape index (κ3) is 13.6. The van der Waals surface area contributed by atoms with Gasteiger partial charge in [0.25, 0.3) is 0 Å². The number of hydrogen-bond acceptors (Lipinski definition) is 6. The van der Waals surface area contributed by atoms with Crippen molar-refractivity contribution in [2.45, 2.75) is 85.0 Å². The van der Waals surface area contributed by atoms with E-state index < -0.39 is 15.6 Å². The molecular formula is C32H46O8P2. The van der Waals surface area contributed by atoms with Crippen LogP contribution in [0.2, 0.25) is 0 Å². The van der Waals surface area contributed by atoms with E-state index in [1.54, 1.807) is 36.4 Å². The third-order valence-electron chi connectivity index (χ3n) is 6.18. The van der Waals surface area contributed by atoms with E-state index in [0.29, 0.717) is 18.1 Å². The molecule has 42 heavy (non-hydrogen) atoms. The van der Waals surface area contributed by atoms with Crippen molar-refractivity contribution in [2.75, 3.05) is 6.61 Å². The minimum Gasteiger partial charge on any atom is -0.404 e. The summed E-state index contributed by atoms with van der Waals surface area (Å²) in [6.45, 7) is 10.6. The zero-order valence-corrected chi connectivity index (χ0v) is 27.1. The van der Waals surface area contributed by atoms with E-state index in [4.69, 9.17) is 27.9 Å². The molecular weight excluding hydrogens is 574 g/mol. The Bertz CT molecular complexity index is 1210. The molecule has 232 valence electrons. The zero-order valence-electron chi connectivity index (χ0n) is 25.3. The van der Waals surface area contributed by atoms with E-state index in [2.05, 4.69) is 6.92 Å². The number of hydrogen-bond donors (Lipinski definition) is 2. The van der Waals surface area contributed by atoms with Gasteiger partial charge in [-0.1, -0.05) is 115 Å². The molecule has 0 unspecified atom stereocenters. The van der Waals surface area contributed by atoms with Crippen LogP contribution in [0.3, 0.4) is 0 Å². The fourth-order valence-corrected chi connectivity index (χ4v) is 5.91. The van der Waals surface area contributed by atoms with Crippen LogP contribution < -0.4 is 13.6 Å². The van der Waals surface area contributed by atoms with Crippen molar-refractivity contribution < 1.29 is 37.0 Å². The molecule has 0 atom stereocenters. The molecule has 0 aliphatic rings. The topological polar surface area (TPSA) is 112 Å². The molecule has 0 amide bonds. The predicted octanol–water partition coefficient (Wildman–Crippen LogP) is 10.0. The number of phosphoric acid groups is 2. The minimum absolute atomic E-state index is 0.148. The minimum atomic E-state index is -4.50. The van der Waals surface area contributed by atoms with Gasteiger partial charge in [0.2, 0.25) is 0 Å². The lowest BCUT2D eigenvalue weighted by Gasteiger charge is -2.20. The van der Waals surface area contributed by atoms with Gasteiger partial charge in [-0.25, -0.2) is 9.13 Å². The van der Waals surface area contributed by atoms with Crippen LogP contribution in [0.1, 0.15) is 96.1 Å². The first-order valence-electron chi connectivity index (χ1n) is 14.6. The van der Waals surface area contributed by atoms with E-state index >= 15 is 0 Å². The van der Waals surface area contributed by atoms with Gasteiger partial charge in [-0.05, 0) is 54.2 Å². The van der Waals surface area contributed by atoms with Gasteiger partial charge in [-0.2, -0.15) is 0 Å². The molecule has 0 saturated carbocycles. The lowest BCUT2D eigenvalue weighted by molar-refractivity contribution is 0.205. The van der Waals surface area contributed by atoms with Gasteiger partial charge in [0.15, 0.2) is 0 Å². The lowest BCUT2D eigenvalue weighted by atomic mass is 9.90. The Morgan fingerprint density at radius 2 is 1.17 bits per heavy atom. The van der Waals surface area contributed by atoms with E-state index in [-0.39, 0.29) is 17.6 Å². The highest BCUT2D eigenvalue weighted by Gasteiger charge is 2.30. The number of phosphoric ester groups is 2. The van der Waals surface area contributed by atoms with Crippen LogP contribution in [0.5, 0.6) is 17.2 Å². The number of rotatable bonds is 16. The number of benzene rings is 3. The quantitative estimate of drug-likeness (QED) is 0.120. The monoisotopic (exact) mass is 620 g/mol.